The lowest BCUT2D eigenvalue weighted by Crippen LogP contribution is -2.10. The second-order valence-electron chi connectivity index (χ2n) is 5.70. The van der Waals surface area contributed by atoms with Gasteiger partial charge >= 0.3 is 0 Å². The van der Waals surface area contributed by atoms with Gasteiger partial charge in [0.2, 0.25) is 11.7 Å². The fraction of sp³-hybridized carbons (Fsp3) is 0.158. The van der Waals surface area contributed by atoms with Crippen LogP contribution in [0.3, 0.4) is 0 Å². The Balaban J connectivity index is 1.79. The monoisotopic (exact) mass is 399 g/mol. The molecule has 1 heterocycles. The quantitative estimate of drug-likeness (QED) is 0.609. The van der Waals surface area contributed by atoms with Crippen LogP contribution in [0.2, 0.25) is 0 Å². The summed E-state index contributed by atoms with van der Waals surface area (Å²) < 4.78 is 31.2. The van der Waals surface area contributed by atoms with Gasteiger partial charge in [0.15, 0.2) is 11.5 Å². The molecule has 0 aliphatic carbocycles. The maximum absolute atomic E-state index is 14.1. The van der Waals surface area contributed by atoms with Crippen LogP contribution in [0, 0.1) is 5.82 Å². The van der Waals surface area contributed by atoms with Crippen LogP contribution in [0.15, 0.2) is 42.7 Å². The maximum atomic E-state index is 14.1. The third kappa shape index (κ3) is 4.49. The summed E-state index contributed by atoms with van der Waals surface area (Å²) in [7, 11) is 4.50. The van der Waals surface area contributed by atoms with Gasteiger partial charge < -0.3 is 19.5 Å². The number of methoxy groups -OCH3 is 3. The molecule has 3 aromatic rings. The van der Waals surface area contributed by atoms with Crippen LogP contribution in [0.4, 0.5) is 10.1 Å². The van der Waals surface area contributed by atoms with Crippen LogP contribution < -0.4 is 19.5 Å². The normalized spacial score (nSPS) is 10.8. The molecule has 9 nitrogen and oxygen atoms in total. The molecule has 1 N–H and O–H groups in total. The molecular weight excluding hydrogens is 381 g/mol. The Morgan fingerprint density at radius 2 is 1.83 bits per heavy atom. The highest BCUT2D eigenvalue weighted by molar-refractivity contribution is 6.02. The van der Waals surface area contributed by atoms with Crippen LogP contribution >= 0.6 is 0 Å². The summed E-state index contributed by atoms with van der Waals surface area (Å²) in [6, 6.07) is 7.51. The number of aromatic nitrogens is 4. The molecule has 0 saturated carbocycles. The van der Waals surface area contributed by atoms with Crippen molar-refractivity contribution in [2.24, 2.45) is 0 Å². The van der Waals surface area contributed by atoms with Gasteiger partial charge in [0, 0.05) is 6.08 Å². The maximum Gasteiger partial charge on any atom is 0.248 e. The van der Waals surface area contributed by atoms with Gasteiger partial charge in [-0.3, -0.25) is 4.79 Å². The molecule has 150 valence electrons. The predicted molar refractivity (Wildman–Crippen MR) is 103 cm³/mol. The molecule has 3 rings (SSSR count). The van der Waals surface area contributed by atoms with Crippen molar-refractivity contribution in [3.63, 3.8) is 0 Å². The van der Waals surface area contributed by atoms with Gasteiger partial charge in [-0.05, 0) is 52.4 Å². The molecule has 0 radical (unpaired) electrons. The molecule has 0 aliphatic heterocycles. The van der Waals surface area contributed by atoms with E-state index < -0.39 is 11.7 Å². The number of amides is 1. The molecular formula is C19H18FN5O4. The van der Waals surface area contributed by atoms with Crippen molar-refractivity contribution in [3.8, 4) is 22.9 Å². The van der Waals surface area contributed by atoms with Crippen molar-refractivity contribution >= 4 is 17.7 Å². The van der Waals surface area contributed by atoms with Crippen LogP contribution in [0.25, 0.3) is 11.8 Å². The SMILES string of the molecule is COc1cc(C=CC(=O)Nc2cc(-n3cnnn3)ccc2F)cc(OC)c1OC. The first-order valence-electron chi connectivity index (χ1n) is 8.37. The van der Waals surface area contributed by atoms with Gasteiger partial charge in [-0.2, -0.15) is 0 Å². The summed E-state index contributed by atoms with van der Waals surface area (Å²) in [6.07, 6.45) is 4.18. The average molecular weight is 399 g/mol. The van der Waals surface area contributed by atoms with E-state index in [9.17, 15) is 9.18 Å². The number of anilines is 1. The van der Waals surface area contributed by atoms with Gasteiger partial charge in [0.05, 0.1) is 32.7 Å². The lowest BCUT2D eigenvalue weighted by Gasteiger charge is -2.12. The molecule has 0 atom stereocenters. The summed E-state index contributed by atoms with van der Waals surface area (Å²) >= 11 is 0. The minimum Gasteiger partial charge on any atom is -0.493 e. The van der Waals surface area contributed by atoms with Crippen molar-refractivity contribution in [2.75, 3.05) is 26.6 Å². The standard InChI is InChI=1S/C19H18FN5O4/c1-27-16-8-12(9-17(28-2)19(16)29-3)4-7-18(26)22-15-10-13(5-6-14(15)20)25-11-21-23-24-25/h4-11H,1-3H3,(H,22,26). The summed E-state index contributed by atoms with van der Waals surface area (Å²) in [5.41, 5.74) is 1.13. The number of carbonyl (C=O) groups is 1. The zero-order valence-corrected chi connectivity index (χ0v) is 15.9. The molecule has 0 aliphatic rings. The lowest BCUT2D eigenvalue weighted by molar-refractivity contribution is -0.111. The Morgan fingerprint density at radius 1 is 1.10 bits per heavy atom. The second kappa shape index (κ2) is 8.83. The number of nitrogens with one attached hydrogen (secondary N) is 1. The predicted octanol–water partition coefficient (Wildman–Crippen LogP) is 2.48. The van der Waals surface area contributed by atoms with Crippen LogP contribution in [0.1, 0.15) is 5.56 Å². The van der Waals surface area contributed by atoms with Crippen LogP contribution in [-0.4, -0.2) is 47.4 Å². The number of hydrogen-bond donors (Lipinski definition) is 1. The Morgan fingerprint density at radius 3 is 2.41 bits per heavy atom. The summed E-state index contributed by atoms with van der Waals surface area (Å²) in [6.45, 7) is 0. The number of hydrogen-bond acceptors (Lipinski definition) is 7. The van der Waals surface area contributed by atoms with Gasteiger partial charge in [-0.15, -0.1) is 5.10 Å². The van der Waals surface area contributed by atoms with Crippen molar-refractivity contribution in [2.45, 2.75) is 0 Å². The van der Waals surface area contributed by atoms with E-state index in [4.69, 9.17) is 14.2 Å². The first-order valence-corrected chi connectivity index (χ1v) is 8.37. The summed E-state index contributed by atoms with van der Waals surface area (Å²) in [4.78, 5) is 12.3. The fourth-order valence-corrected chi connectivity index (χ4v) is 2.58. The summed E-state index contributed by atoms with van der Waals surface area (Å²) in [5.74, 6) is 0.236. The highest BCUT2D eigenvalue weighted by Gasteiger charge is 2.12. The van der Waals surface area contributed by atoms with Gasteiger partial charge in [0.1, 0.15) is 12.1 Å². The number of carbonyl (C=O) groups excluding carboxylic acids is 1. The van der Waals surface area contributed by atoms with Crippen molar-refractivity contribution in [1.29, 1.82) is 0 Å². The molecule has 0 fully saturated rings. The van der Waals surface area contributed by atoms with E-state index in [0.29, 0.717) is 28.5 Å². The van der Waals surface area contributed by atoms with Crippen LogP contribution in [0.5, 0.6) is 17.2 Å². The first-order chi connectivity index (χ1) is 14.0. The molecule has 0 spiro atoms. The van der Waals surface area contributed by atoms with Crippen molar-refractivity contribution in [1.82, 2.24) is 20.2 Å². The largest absolute Gasteiger partial charge is 0.493 e. The molecule has 29 heavy (non-hydrogen) atoms. The molecule has 1 amide bonds. The third-order valence-electron chi connectivity index (χ3n) is 3.94. The molecule has 2 aromatic carbocycles. The van der Waals surface area contributed by atoms with E-state index in [1.165, 1.54) is 56.6 Å². The van der Waals surface area contributed by atoms with E-state index in [1.54, 1.807) is 18.2 Å². The second-order valence-corrected chi connectivity index (χ2v) is 5.70. The number of tetrazole rings is 1. The van der Waals surface area contributed by atoms with E-state index in [-0.39, 0.29) is 5.69 Å². The minimum atomic E-state index is -0.587. The van der Waals surface area contributed by atoms with Crippen LogP contribution in [-0.2, 0) is 4.79 Å². The smallest absolute Gasteiger partial charge is 0.248 e. The van der Waals surface area contributed by atoms with E-state index in [1.807, 2.05) is 0 Å². The highest BCUT2D eigenvalue weighted by atomic mass is 19.1. The number of benzene rings is 2. The Hall–Kier alpha value is -3.95. The van der Waals surface area contributed by atoms with E-state index in [2.05, 4.69) is 20.8 Å². The van der Waals surface area contributed by atoms with Crippen molar-refractivity contribution in [3.05, 3.63) is 54.1 Å². The Kier molecular flexibility index (Phi) is 6.03. The van der Waals surface area contributed by atoms with Gasteiger partial charge in [-0.1, -0.05) is 0 Å². The number of ether oxygens (including phenoxy) is 3. The van der Waals surface area contributed by atoms with Crippen molar-refractivity contribution < 1.29 is 23.4 Å². The topological polar surface area (TPSA) is 100 Å². The fourth-order valence-electron chi connectivity index (χ4n) is 2.58. The number of nitrogens with zero attached hydrogens (tertiary/aromatic N) is 4. The Labute approximate surface area is 165 Å². The zero-order chi connectivity index (χ0) is 20.8. The zero-order valence-electron chi connectivity index (χ0n) is 15.9. The number of halogens is 1. The first kappa shape index (κ1) is 19.8. The Bertz CT molecular complexity index is 1010. The minimum absolute atomic E-state index is 0.00228. The summed E-state index contributed by atoms with van der Waals surface area (Å²) in [5, 5.41) is 13.3. The molecule has 0 unspecified atom stereocenters. The van der Waals surface area contributed by atoms with E-state index in [0.717, 1.165) is 0 Å². The third-order valence-corrected chi connectivity index (χ3v) is 3.94. The molecule has 0 bridgehead atoms. The highest BCUT2D eigenvalue weighted by Crippen LogP contribution is 2.38. The average Bonchev–Trinajstić information content (AvgIpc) is 3.27. The van der Waals surface area contributed by atoms with E-state index >= 15 is 0 Å². The van der Waals surface area contributed by atoms with Gasteiger partial charge in [0.25, 0.3) is 0 Å². The molecule has 0 saturated heterocycles. The lowest BCUT2D eigenvalue weighted by atomic mass is 10.1. The number of rotatable bonds is 7. The molecule has 1 aromatic heterocycles. The molecule has 10 heteroatoms. The van der Waals surface area contributed by atoms with Gasteiger partial charge in [-0.25, -0.2) is 9.07 Å².